The molecule has 0 amide bonds. The van der Waals surface area contributed by atoms with E-state index in [0.29, 0.717) is 11.4 Å². The highest BCUT2D eigenvalue weighted by Crippen LogP contribution is 2.37. The van der Waals surface area contributed by atoms with Crippen LogP contribution in [0.5, 0.6) is 0 Å². The van der Waals surface area contributed by atoms with Gasteiger partial charge in [-0.15, -0.1) is 0 Å². The summed E-state index contributed by atoms with van der Waals surface area (Å²) in [4.78, 5) is 0. The third-order valence-corrected chi connectivity index (χ3v) is 5.06. The summed E-state index contributed by atoms with van der Waals surface area (Å²) in [5.41, 5.74) is 20.4. The topological polar surface area (TPSA) is 52.0 Å². The molecule has 0 saturated heterocycles. The Morgan fingerprint density at radius 1 is 0.500 bits per heavy atom. The smallest absolute Gasteiger partial charge is 0.0634 e. The first-order valence-electron chi connectivity index (χ1n) is 9.96. The molecule has 0 aromatic heterocycles. The van der Waals surface area contributed by atoms with Crippen LogP contribution in [0.4, 0.5) is 11.4 Å². The van der Waals surface area contributed by atoms with Gasteiger partial charge >= 0.3 is 0 Å². The first-order chi connectivity index (χ1) is 14.7. The molecular formula is C28H24N2. The van der Waals surface area contributed by atoms with Gasteiger partial charge in [-0.25, -0.2) is 0 Å². The van der Waals surface area contributed by atoms with Crippen molar-refractivity contribution in [3.63, 3.8) is 0 Å². The first-order valence-corrected chi connectivity index (χ1v) is 9.96. The molecule has 0 fully saturated rings. The Kier molecular flexibility index (Phi) is 5.77. The van der Waals surface area contributed by atoms with E-state index in [2.05, 4.69) is 60.7 Å². The summed E-state index contributed by atoms with van der Waals surface area (Å²) in [5, 5.41) is 0. The van der Waals surface area contributed by atoms with Gasteiger partial charge in [0.15, 0.2) is 0 Å². The predicted molar refractivity (Wildman–Crippen MR) is 131 cm³/mol. The molecule has 2 nitrogen and oxygen atoms in total. The fourth-order valence-corrected chi connectivity index (χ4v) is 3.43. The number of rotatable bonds is 5. The van der Waals surface area contributed by atoms with E-state index in [0.717, 1.165) is 33.4 Å². The van der Waals surface area contributed by atoms with Crippen LogP contribution in [0, 0.1) is 0 Å². The monoisotopic (exact) mass is 388 g/mol. The summed E-state index contributed by atoms with van der Waals surface area (Å²) in [6, 6.07) is 32.6. The molecule has 0 aliphatic heterocycles. The van der Waals surface area contributed by atoms with Crippen LogP contribution in [0.15, 0.2) is 97.1 Å². The highest BCUT2D eigenvalue weighted by Gasteiger charge is 2.12. The highest BCUT2D eigenvalue weighted by atomic mass is 14.7. The number of hydrogen-bond donors (Lipinski definition) is 2. The van der Waals surface area contributed by atoms with Crippen LogP contribution in [0.3, 0.4) is 0 Å². The molecule has 4 rings (SSSR count). The lowest BCUT2D eigenvalue weighted by Gasteiger charge is -2.15. The normalized spacial score (nSPS) is 11.3. The van der Waals surface area contributed by atoms with Crippen LogP contribution < -0.4 is 11.5 Å². The van der Waals surface area contributed by atoms with Crippen molar-refractivity contribution in [3.05, 3.63) is 119 Å². The minimum atomic E-state index is 0.594. The average Bonchev–Trinajstić information content (AvgIpc) is 2.81. The van der Waals surface area contributed by atoms with Crippen molar-refractivity contribution in [2.45, 2.75) is 0 Å². The first kappa shape index (κ1) is 19.3. The summed E-state index contributed by atoms with van der Waals surface area (Å²) in [5.74, 6) is 0. The molecule has 146 valence electrons. The summed E-state index contributed by atoms with van der Waals surface area (Å²) >= 11 is 0. The molecule has 4 N–H and O–H groups in total. The van der Waals surface area contributed by atoms with Crippen molar-refractivity contribution in [3.8, 4) is 11.1 Å². The molecule has 0 atom stereocenters. The van der Waals surface area contributed by atoms with Crippen molar-refractivity contribution in [2.24, 2.45) is 0 Å². The molecule has 0 aliphatic rings. The van der Waals surface area contributed by atoms with Gasteiger partial charge in [0.1, 0.15) is 0 Å². The Morgan fingerprint density at radius 2 is 1.00 bits per heavy atom. The third kappa shape index (κ3) is 4.34. The zero-order chi connectivity index (χ0) is 20.8. The van der Waals surface area contributed by atoms with Crippen LogP contribution in [0.2, 0.25) is 0 Å². The fraction of sp³-hybridized carbons (Fsp3) is 0. The quantitative estimate of drug-likeness (QED) is 0.290. The Labute approximate surface area is 177 Å². The van der Waals surface area contributed by atoms with Gasteiger partial charge < -0.3 is 11.5 Å². The van der Waals surface area contributed by atoms with E-state index in [4.69, 9.17) is 11.5 Å². The summed E-state index contributed by atoms with van der Waals surface area (Å²) in [6.45, 7) is 0. The zero-order valence-corrected chi connectivity index (χ0v) is 16.7. The molecule has 0 saturated carbocycles. The highest BCUT2D eigenvalue weighted by molar-refractivity contribution is 5.95. The third-order valence-electron chi connectivity index (χ3n) is 5.06. The predicted octanol–water partition coefficient (Wildman–Crippen LogP) is 6.86. The van der Waals surface area contributed by atoms with Crippen LogP contribution in [0.25, 0.3) is 35.4 Å². The number of benzene rings is 4. The van der Waals surface area contributed by atoms with Crippen LogP contribution in [-0.4, -0.2) is 0 Å². The van der Waals surface area contributed by atoms with Crippen LogP contribution >= 0.6 is 0 Å². The molecule has 30 heavy (non-hydrogen) atoms. The van der Waals surface area contributed by atoms with Crippen LogP contribution in [-0.2, 0) is 0 Å². The van der Waals surface area contributed by atoms with Gasteiger partial charge in [-0.1, -0.05) is 115 Å². The summed E-state index contributed by atoms with van der Waals surface area (Å²) < 4.78 is 0. The van der Waals surface area contributed by atoms with Gasteiger partial charge in [0, 0.05) is 11.1 Å². The van der Waals surface area contributed by atoms with Gasteiger partial charge in [-0.3, -0.25) is 0 Å². The molecule has 0 aliphatic carbocycles. The van der Waals surface area contributed by atoms with Gasteiger partial charge in [0.25, 0.3) is 0 Å². The van der Waals surface area contributed by atoms with E-state index in [1.165, 1.54) is 0 Å². The van der Waals surface area contributed by atoms with Gasteiger partial charge in [0.05, 0.1) is 11.4 Å². The SMILES string of the molecule is Nc1c(-c2ccccc2)cc(C=Cc2ccccc2)c(C=Cc2ccccc2)c1N. The van der Waals surface area contributed by atoms with Crippen molar-refractivity contribution < 1.29 is 0 Å². The van der Waals surface area contributed by atoms with Gasteiger partial charge in [0.2, 0.25) is 0 Å². The van der Waals surface area contributed by atoms with Gasteiger partial charge in [-0.2, -0.15) is 0 Å². The molecule has 0 spiro atoms. The van der Waals surface area contributed by atoms with Gasteiger partial charge in [-0.05, 0) is 28.3 Å². The maximum Gasteiger partial charge on any atom is 0.0634 e. The molecule has 0 heterocycles. The van der Waals surface area contributed by atoms with Crippen molar-refractivity contribution in [1.82, 2.24) is 0 Å². The van der Waals surface area contributed by atoms with E-state index in [1.807, 2.05) is 60.7 Å². The van der Waals surface area contributed by atoms with Crippen molar-refractivity contribution >= 4 is 35.7 Å². The lowest BCUT2D eigenvalue weighted by molar-refractivity contribution is 1.56. The average molecular weight is 389 g/mol. The minimum absolute atomic E-state index is 0.594. The van der Waals surface area contributed by atoms with E-state index >= 15 is 0 Å². The largest absolute Gasteiger partial charge is 0.397 e. The molecule has 0 bridgehead atoms. The summed E-state index contributed by atoms with van der Waals surface area (Å²) in [6.07, 6.45) is 8.30. The summed E-state index contributed by atoms with van der Waals surface area (Å²) in [7, 11) is 0. The Balaban J connectivity index is 1.84. The molecule has 0 radical (unpaired) electrons. The van der Waals surface area contributed by atoms with Crippen molar-refractivity contribution in [2.75, 3.05) is 11.5 Å². The lowest BCUT2D eigenvalue weighted by Crippen LogP contribution is -2.02. The second-order valence-electron chi connectivity index (χ2n) is 7.11. The van der Waals surface area contributed by atoms with Crippen LogP contribution in [0.1, 0.15) is 22.3 Å². The van der Waals surface area contributed by atoms with E-state index in [9.17, 15) is 0 Å². The standard InChI is InChI=1S/C28H24N2/c29-27-25(19-17-22-12-6-2-7-13-22)24(18-16-21-10-4-1-5-11-21)20-26(28(27)30)23-14-8-3-9-15-23/h1-20H,29-30H2. The lowest BCUT2D eigenvalue weighted by atomic mass is 9.94. The maximum atomic E-state index is 6.54. The van der Waals surface area contributed by atoms with E-state index in [1.54, 1.807) is 0 Å². The molecule has 0 unspecified atom stereocenters. The Morgan fingerprint density at radius 3 is 1.57 bits per heavy atom. The number of anilines is 2. The minimum Gasteiger partial charge on any atom is -0.397 e. The molecule has 2 heteroatoms. The molecular weight excluding hydrogens is 364 g/mol. The van der Waals surface area contributed by atoms with Crippen molar-refractivity contribution in [1.29, 1.82) is 0 Å². The second-order valence-corrected chi connectivity index (χ2v) is 7.11. The number of hydrogen-bond acceptors (Lipinski definition) is 2. The van der Waals surface area contributed by atoms with E-state index in [-0.39, 0.29) is 0 Å². The maximum absolute atomic E-state index is 6.54. The molecule has 4 aromatic rings. The second kappa shape index (κ2) is 8.97. The number of nitrogens with two attached hydrogens (primary N) is 2. The zero-order valence-electron chi connectivity index (χ0n) is 16.7. The van der Waals surface area contributed by atoms with E-state index < -0.39 is 0 Å². The molecule has 4 aromatic carbocycles. The Hall–Kier alpha value is -4.04. The fourth-order valence-electron chi connectivity index (χ4n) is 3.43. The Bertz CT molecular complexity index is 1180. The number of nitrogen functional groups attached to an aromatic ring is 2.